The Kier molecular flexibility index (Phi) is 34.4. The Balaban J connectivity index is 4.54. The molecule has 10 heteroatoms. The van der Waals surface area contributed by atoms with Crippen LogP contribution >= 0.6 is 7.82 Å². The van der Waals surface area contributed by atoms with Gasteiger partial charge >= 0.3 is 11.9 Å². The summed E-state index contributed by atoms with van der Waals surface area (Å²) in [4.78, 5) is 37.4. The van der Waals surface area contributed by atoms with Gasteiger partial charge in [0.25, 0.3) is 7.82 Å². The molecule has 0 heterocycles. The fraction of sp³-hybridized carbons (Fsp3) is 0.682. The zero-order valence-corrected chi connectivity index (χ0v) is 35.5. The van der Waals surface area contributed by atoms with Crippen molar-refractivity contribution in [2.75, 3.05) is 47.5 Å². The zero-order chi connectivity index (χ0) is 40.0. The van der Waals surface area contributed by atoms with Crippen molar-refractivity contribution >= 4 is 19.8 Å². The topological polar surface area (TPSA) is 111 Å². The highest BCUT2D eigenvalue weighted by atomic mass is 31.2. The molecule has 0 bridgehead atoms. The minimum absolute atomic E-state index is 0.0475. The maximum Gasteiger partial charge on any atom is 0.306 e. The third kappa shape index (κ3) is 39.2. The summed E-state index contributed by atoms with van der Waals surface area (Å²) in [6, 6.07) is 0. The molecular formula is C44H76NO8P. The summed E-state index contributed by atoms with van der Waals surface area (Å²) in [5.41, 5.74) is 0. The lowest BCUT2D eigenvalue weighted by atomic mass is 10.1. The fourth-order valence-corrected chi connectivity index (χ4v) is 5.70. The average molecular weight is 778 g/mol. The molecule has 0 N–H and O–H groups in total. The third-order valence-electron chi connectivity index (χ3n) is 8.21. The number of hydrogen-bond acceptors (Lipinski definition) is 8. The Morgan fingerprint density at radius 1 is 0.593 bits per heavy atom. The Bertz CT molecular complexity index is 1150. The second-order valence-electron chi connectivity index (χ2n) is 14.6. The van der Waals surface area contributed by atoms with Crippen molar-refractivity contribution in [2.24, 2.45) is 0 Å². The molecule has 0 aromatic rings. The molecule has 54 heavy (non-hydrogen) atoms. The van der Waals surface area contributed by atoms with Crippen LogP contribution in [0.2, 0.25) is 0 Å². The van der Waals surface area contributed by atoms with E-state index in [1.807, 2.05) is 21.1 Å². The Labute approximate surface area is 329 Å². The highest BCUT2D eigenvalue weighted by molar-refractivity contribution is 7.45. The maximum atomic E-state index is 12.6. The van der Waals surface area contributed by atoms with Gasteiger partial charge in [0.2, 0.25) is 0 Å². The minimum Gasteiger partial charge on any atom is -0.756 e. The predicted octanol–water partition coefficient (Wildman–Crippen LogP) is 10.8. The lowest BCUT2D eigenvalue weighted by molar-refractivity contribution is -0.870. The number of quaternary nitrogens is 1. The quantitative estimate of drug-likeness (QED) is 0.0203. The number of esters is 2. The van der Waals surface area contributed by atoms with Gasteiger partial charge in [-0.3, -0.25) is 14.2 Å². The number of phosphoric acid groups is 1. The van der Waals surface area contributed by atoms with E-state index in [1.54, 1.807) is 0 Å². The van der Waals surface area contributed by atoms with Crippen molar-refractivity contribution in [1.29, 1.82) is 0 Å². The number of phosphoric ester groups is 1. The van der Waals surface area contributed by atoms with Crippen LogP contribution in [0.3, 0.4) is 0 Å². The smallest absolute Gasteiger partial charge is 0.306 e. The number of ether oxygens (including phenoxy) is 2. The second kappa shape index (κ2) is 36.1. The van der Waals surface area contributed by atoms with Gasteiger partial charge in [-0.1, -0.05) is 119 Å². The maximum absolute atomic E-state index is 12.6. The first kappa shape index (κ1) is 51.5. The van der Waals surface area contributed by atoms with Crippen LogP contribution in [0.5, 0.6) is 0 Å². The molecule has 0 saturated carbocycles. The summed E-state index contributed by atoms with van der Waals surface area (Å²) >= 11 is 0. The predicted molar refractivity (Wildman–Crippen MR) is 222 cm³/mol. The monoisotopic (exact) mass is 778 g/mol. The van der Waals surface area contributed by atoms with Crippen molar-refractivity contribution in [3.63, 3.8) is 0 Å². The standard InChI is InChI=1S/C44H76NO8P/c1-6-8-10-12-14-16-18-20-22-24-26-28-30-32-34-36-43(46)50-40-42(41-52-54(48,49)51-39-38-45(3,4)5)53-44(47)37-35-33-31-29-27-25-23-21-19-17-15-13-11-9-7-2/h9,11,15,17,20-23,26-29,42H,6-8,10,12-14,16,18-19,24-25,30-41H2,1-5H3/b11-9+,17-15+,22-20+,23-21+,28-26+,29-27+/t42-/m1/s1. The Morgan fingerprint density at radius 2 is 1.06 bits per heavy atom. The molecule has 0 saturated heterocycles. The van der Waals surface area contributed by atoms with Crippen LogP contribution in [0.1, 0.15) is 142 Å². The molecule has 0 amide bonds. The summed E-state index contributed by atoms with van der Waals surface area (Å²) < 4.78 is 33.7. The summed E-state index contributed by atoms with van der Waals surface area (Å²) in [5, 5.41) is 0. The van der Waals surface area contributed by atoms with Gasteiger partial charge in [-0.2, -0.15) is 0 Å². The summed E-state index contributed by atoms with van der Waals surface area (Å²) in [5.74, 6) is -0.930. The van der Waals surface area contributed by atoms with E-state index in [2.05, 4.69) is 86.8 Å². The molecule has 1 unspecified atom stereocenters. The number of carbonyl (C=O) groups excluding carboxylic acids is 2. The Hall–Kier alpha value is -2.55. The van der Waals surface area contributed by atoms with E-state index in [0.717, 1.165) is 64.2 Å². The molecule has 0 aromatic heterocycles. The van der Waals surface area contributed by atoms with E-state index in [-0.39, 0.29) is 26.1 Å². The number of unbranched alkanes of at least 4 members (excludes halogenated alkanes) is 10. The first-order valence-electron chi connectivity index (χ1n) is 20.6. The Morgan fingerprint density at radius 3 is 1.57 bits per heavy atom. The van der Waals surface area contributed by atoms with Crippen LogP contribution in [0.4, 0.5) is 0 Å². The van der Waals surface area contributed by atoms with E-state index in [1.165, 1.54) is 38.5 Å². The van der Waals surface area contributed by atoms with Gasteiger partial charge in [0, 0.05) is 12.8 Å². The van der Waals surface area contributed by atoms with E-state index < -0.39 is 32.5 Å². The number of rotatable bonds is 36. The van der Waals surface area contributed by atoms with E-state index in [9.17, 15) is 19.0 Å². The normalized spacial score (nSPS) is 14.4. The molecule has 0 rings (SSSR count). The van der Waals surface area contributed by atoms with Gasteiger partial charge < -0.3 is 27.9 Å². The van der Waals surface area contributed by atoms with E-state index in [4.69, 9.17) is 18.5 Å². The first-order valence-corrected chi connectivity index (χ1v) is 22.1. The molecule has 0 aliphatic rings. The van der Waals surface area contributed by atoms with Crippen LogP contribution in [-0.2, 0) is 32.7 Å². The van der Waals surface area contributed by atoms with Gasteiger partial charge in [-0.25, -0.2) is 0 Å². The molecule has 0 fully saturated rings. The van der Waals surface area contributed by atoms with Gasteiger partial charge in [0.15, 0.2) is 6.10 Å². The lowest BCUT2D eigenvalue weighted by Crippen LogP contribution is -2.37. The highest BCUT2D eigenvalue weighted by Gasteiger charge is 2.21. The van der Waals surface area contributed by atoms with Crippen molar-refractivity contribution in [3.8, 4) is 0 Å². The van der Waals surface area contributed by atoms with Crippen LogP contribution < -0.4 is 4.89 Å². The van der Waals surface area contributed by atoms with Gasteiger partial charge in [0.05, 0.1) is 27.7 Å². The van der Waals surface area contributed by atoms with E-state index >= 15 is 0 Å². The van der Waals surface area contributed by atoms with E-state index in [0.29, 0.717) is 23.9 Å². The summed E-state index contributed by atoms with van der Waals surface area (Å²) in [7, 11) is 1.11. The molecule has 0 aliphatic heterocycles. The molecule has 9 nitrogen and oxygen atoms in total. The molecule has 310 valence electrons. The molecule has 0 aromatic carbocycles. The van der Waals surface area contributed by atoms with Crippen LogP contribution in [0.25, 0.3) is 0 Å². The number of likely N-dealkylation sites (N-methyl/N-ethyl adjacent to an activating group) is 1. The van der Waals surface area contributed by atoms with Crippen LogP contribution in [-0.4, -0.2) is 70.0 Å². The van der Waals surface area contributed by atoms with Crippen molar-refractivity contribution < 1.29 is 42.1 Å². The fourth-order valence-electron chi connectivity index (χ4n) is 4.97. The first-order chi connectivity index (χ1) is 26.0. The molecular weight excluding hydrogens is 701 g/mol. The molecule has 0 radical (unpaired) electrons. The number of hydrogen-bond donors (Lipinski definition) is 0. The number of nitrogens with zero attached hydrogens (tertiary/aromatic N) is 1. The molecule has 2 atom stereocenters. The summed E-state index contributed by atoms with van der Waals surface area (Å²) in [6.45, 7) is 3.99. The number of allylic oxidation sites excluding steroid dienone is 12. The highest BCUT2D eigenvalue weighted by Crippen LogP contribution is 2.38. The van der Waals surface area contributed by atoms with Gasteiger partial charge in [-0.05, 0) is 83.5 Å². The SMILES string of the molecule is CC/C=C/C/C=C/C/C=C/C/C=C/CCCCC(=O)O[C@H](COC(=O)CCCC/C=C/C/C=C/CCCCCCCC)COP(=O)([O-])OCC[N+](C)(C)C. The summed E-state index contributed by atoms with van der Waals surface area (Å²) in [6.07, 6.45) is 43.7. The third-order valence-corrected chi connectivity index (χ3v) is 9.17. The lowest BCUT2D eigenvalue weighted by Gasteiger charge is -2.28. The largest absolute Gasteiger partial charge is 0.756 e. The van der Waals surface area contributed by atoms with Crippen LogP contribution in [0, 0.1) is 0 Å². The molecule has 0 spiro atoms. The zero-order valence-electron chi connectivity index (χ0n) is 34.6. The van der Waals surface area contributed by atoms with Gasteiger partial charge in [0.1, 0.15) is 19.8 Å². The molecule has 0 aliphatic carbocycles. The van der Waals surface area contributed by atoms with Crippen molar-refractivity contribution in [1.82, 2.24) is 0 Å². The number of carbonyl (C=O) groups is 2. The van der Waals surface area contributed by atoms with Crippen molar-refractivity contribution in [3.05, 3.63) is 72.9 Å². The van der Waals surface area contributed by atoms with Gasteiger partial charge in [-0.15, -0.1) is 0 Å². The average Bonchev–Trinajstić information content (AvgIpc) is 3.12. The minimum atomic E-state index is -4.64. The second-order valence-corrected chi connectivity index (χ2v) is 16.0. The van der Waals surface area contributed by atoms with Crippen molar-refractivity contribution in [2.45, 2.75) is 148 Å². The van der Waals surface area contributed by atoms with Crippen LogP contribution in [0.15, 0.2) is 72.9 Å².